The Morgan fingerprint density at radius 2 is 2.06 bits per heavy atom. The molecule has 1 aromatic rings. The molecule has 2 N–H and O–H groups in total. The van der Waals surface area contributed by atoms with Gasteiger partial charge >= 0.3 is 6.18 Å². The second-order valence-corrected chi connectivity index (χ2v) is 3.09. The van der Waals surface area contributed by atoms with E-state index in [0.29, 0.717) is 6.07 Å². The normalized spacial score (nSPS) is 11.0. The lowest BCUT2D eigenvalue weighted by atomic mass is 10.0. The topological polar surface area (TPSA) is 92.9 Å². The largest absolute Gasteiger partial charge is 0.417 e. The van der Waals surface area contributed by atoms with Crippen molar-refractivity contribution < 1.29 is 18.1 Å². The van der Waals surface area contributed by atoms with Gasteiger partial charge in [0.1, 0.15) is 0 Å². The Morgan fingerprint density at radius 1 is 1.47 bits per heavy atom. The van der Waals surface area contributed by atoms with Gasteiger partial charge in [0.2, 0.25) is 0 Å². The van der Waals surface area contributed by atoms with Crippen molar-refractivity contribution in [3.05, 3.63) is 38.9 Å². The maximum Gasteiger partial charge on any atom is 0.417 e. The van der Waals surface area contributed by atoms with E-state index < -0.39 is 40.0 Å². The van der Waals surface area contributed by atoms with Crippen molar-refractivity contribution in [3.8, 4) is 6.07 Å². The van der Waals surface area contributed by atoms with Crippen LogP contribution in [0.2, 0.25) is 0 Å². The molecular formula is C9H6F3N3O2. The molecule has 17 heavy (non-hydrogen) atoms. The van der Waals surface area contributed by atoms with Crippen LogP contribution in [0.4, 0.5) is 18.9 Å². The first-order valence-corrected chi connectivity index (χ1v) is 4.30. The van der Waals surface area contributed by atoms with Crippen molar-refractivity contribution in [1.29, 1.82) is 5.26 Å². The van der Waals surface area contributed by atoms with Gasteiger partial charge in [-0.3, -0.25) is 10.1 Å². The van der Waals surface area contributed by atoms with Crippen LogP contribution >= 0.6 is 0 Å². The van der Waals surface area contributed by atoms with E-state index in [4.69, 9.17) is 11.0 Å². The zero-order valence-electron chi connectivity index (χ0n) is 8.28. The fraction of sp³-hybridized carbons (Fsp3) is 0.222. The number of nitrogens with zero attached hydrogens (tertiary/aromatic N) is 2. The summed E-state index contributed by atoms with van der Waals surface area (Å²) in [5.74, 6) is 0. The van der Waals surface area contributed by atoms with E-state index in [1.165, 1.54) is 6.07 Å². The summed E-state index contributed by atoms with van der Waals surface area (Å²) in [5.41, 5.74) is 2.00. The van der Waals surface area contributed by atoms with Gasteiger partial charge in [0.05, 0.1) is 27.7 Å². The first kappa shape index (κ1) is 12.9. The number of hydrogen-bond acceptors (Lipinski definition) is 4. The number of hydrogen-bond donors (Lipinski definition) is 1. The average Bonchev–Trinajstić information content (AvgIpc) is 2.25. The standard InChI is InChI=1S/C9H6F3N3O2/c10-9(11,12)7-1-5(3-13)2-8(15(16)17)6(7)4-14/h1-2H,4,14H2. The van der Waals surface area contributed by atoms with Gasteiger partial charge in [-0.05, 0) is 6.07 Å². The molecule has 0 spiro atoms. The molecule has 0 bridgehead atoms. The Morgan fingerprint density at radius 3 is 2.41 bits per heavy atom. The van der Waals surface area contributed by atoms with Crippen LogP contribution in [0.25, 0.3) is 0 Å². The summed E-state index contributed by atoms with van der Waals surface area (Å²) in [6, 6.07) is 2.77. The van der Waals surface area contributed by atoms with Crippen LogP contribution in [0.15, 0.2) is 12.1 Å². The number of alkyl halides is 3. The van der Waals surface area contributed by atoms with Crippen molar-refractivity contribution in [2.45, 2.75) is 12.7 Å². The molecule has 8 heteroatoms. The lowest BCUT2D eigenvalue weighted by Crippen LogP contribution is -2.14. The molecule has 0 aliphatic rings. The van der Waals surface area contributed by atoms with Gasteiger partial charge in [0, 0.05) is 12.6 Å². The Labute approximate surface area is 93.4 Å². The second-order valence-electron chi connectivity index (χ2n) is 3.09. The summed E-state index contributed by atoms with van der Waals surface area (Å²) in [5, 5.41) is 19.1. The van der Waals surface area contributed by atoms with E-state index in [1.807, 2.05) is 0 Å². The van der Waals surface area contributed by atoms with Crippen molar-refractivity contribution in [1.82, 2.24) is 0 Å². The Hall–Kier alpha value is -2.14. The summed E-state index contributed by atoms with van der Waals surface area (Å²) in [6.07, 6.45) is -4.79. The minimum absolute atomic E-state index is 0.429. The van der Waals surface area contributed by atoms with Gasteiger partial charge in [0.25, 0.3) is 5.69 Å². The highest BCUT2D eigenvalue weighted by Gasteiger charge is 2.36. The van der Waals surface area contributed by atoms with Crippen molar-refractivity contribution in [2.75, 3.05) is 0 Å². The summed E-state index contributed by atoms with van der Waals surface area (Å²) in [6.45, 7) is -0.628. The second kappa shape index (κ2) is 4.39. The minimum Gasteiger partial charge on any atom is -0.326 e. The highest BCUT2D eigenvalue weighted by Crippen LogP contribution is 2.36. The fourth-order valence-electron chi connectivity index (χ4n) is 1.35. The predicted octanol–water partition coefficient (Wildman–Crippen LogP) is 1.94. The first-order valence-electron chi connectivity index (χ1n) is 4.30. The fourth-order valence-corrected chi connectivity index (χ4v) is 1.35. The van der Waals surface area contributed by atoms with Crippen LogP contribution in [-0.2, 0) is 12.7 Å². The maximum atomic E-state index is 12.6. The van der Waals surface area contributed by atoms with Crippen LogP contribution in [0.5, 0.6) is 0 Å². The first-order chi connectivity index (χ1) is 7.81. The molecule has 1 rings (SSSR count). The zero-order chi connectivity index (χ0) is 13.2. The molecule has 5 nitrogen and oxygen atoms in total. The van der Waals surface area contributed by atoms with Gasteiger partial charge in [-0.15, -0.1) is 0 Å². The van der Waals surface area contributed by atoms with E-state index in [2.05, 4.69) is 0 Å². The summed E-state index contributed by atoms with van der Waals surface area (Å²) >= 11 is 0. The number of halogens is 3. The summed E-state index contributed by atoms with van der Waals surface area (Å²) < 4.78 is 37.8. The Balaban J connectivity index is 3.64. The number of nitriles is 1. The molecule has 0 aromatic heterocycles. The number of benzene rings is 1. The molecule has 0 atom stereocenters. The van der Waals surface area contributed by atoms with E-state index >= 15 is 0 Å². The Bertz CT molecular complexity index is 505. The van der Waals surface area contributed by atoms with Gasteiger partial charge in [0.15, 0.2) is 0 Å². The summed E-state index contributed by atoms with van der Waals surface area (Å²) in [7, 11) is 0. The summed E-state index contributed by atoms with van der Waals surface area (Å²) in [4.78, 5) is 9.61. The van der Waals surface area contributed by atoms with Gasteiger partial charge in [-0.2, -0.15) is 18.4 Å². The number of rotatable bonds is 2. The van der Waals surface area contributed by atoms with E-state index in [0.717, 1.165) is 6.07 Å². The van der Waals surface area contributed by atoms with Gasteiger partial charge < -0.3 is 5.73 Å². The highest BCUT2D eigenvalue weighted by molar-refractivity contribution is 5.52. The molecule has 0 radical (unpaired) electrons. The van der Waals surface area contributed by atoms with E-state index in [1.54, 1.807) is 0 Å². The third kappa shape index (κ3) is 2.51. The predicted molar refractivity (Wildman–Crippen MR) is 50.7 cm³/mol. The van der Waals surface area contributed by atoms with Crippen LogP contribution in [-0.4, -0.2) is 4.92 Å². The molecule has 0 aliphatic carbocycles. The third-order valence-electron chi connectivity index (χ3n) is 2.06. The molecule has 0 heterocycles. The van der Waals surface area contributed by atoms with Crippen LogP contribution in [0, 0.1) is 21.4 Å². The number of nitrogens with two attached hydrogens (primary N) is 1. The quantitative estimate of drug-likeness (QED) is 0.636. The van der Waals surface area contributed by atoms with Crippen LogP contribution < -0.4 is 5.73 Å². The van der Waals surface area contributed by atoms with Crippen molar-refractivity contribution >= 4 is 5.69 Å². The maximum absolute atomic E-state index is 12.6. The van der Waals surface area contributed by atoms with Crippen molar-refractivity contribution in [2.24, 2.45) is 5.73 Å². The molecule has 0 saturated carbocycles. The molecule has 0 unspecified atom stereocenters. The van der Waals surface area contributed by atoms with Crippen LogP contribution in [0.1, 0.15) is 16.7 Å². The minimum atomic E-state index is -4.79. The molecule has 90 valence electrons. The monoisotopic (exact) mass is 245 g/mol. The highest BCUT2D eigenvalue weighted by atomic mass is 19.4. The molecule has 1 aromatic carbocycles. The van der Waals surface area contributed by atoms with Crippen LogP contribution in [0.3, 0.4) is 0 Å². The SMILES string of the molecule is N#Cc1cc([N+](=O)[O-])c(CN)c(C(F)(F)F)c1. The number of nitro benzene ring substituents is 1. The number of nitro groups is 1. The smallest absolute Gasteiger partial charge is 0.326 e. The van der Waals surface area contributed by atoms with E-state index in [9.17, 15) is 23.3 Å². The molecule has 0 amide bonds. The molecule has 0 fully saturated rings. The van der Waals surface area contributed by atoms with Gasteiger partial charge in [-0.1, -0.05) is 0 Å². The Kier molecular flexibility index (Phi) is 3.34. The zero-order valence-corrected chi connectivity index (χ0v) is 8.28. The van der Waals surface area contributed by atoms with Gasteiger partial charge in [-0.25, -0.2) is 0 Å². The molecule has 0 saturated heterocycles. The average molecular weight is 245 g/mol. The molecular weight excluding hydrogens is 239 g/mol. The molecule has 0 aliphatic heterocycles. The lowest BCUT2D eigenvalue weighted by molar-refractivity contribution is -0.385. The van der Waals surface area contributed by atoms with E-state index in [-0.39, 0.29) is 0 Å². The third-order valence-corrected chi connectivity index (χ3v) is 2.06. The lowest BCUT2D eigenvalue weighted by Gasteiger charge is -2.12. The van der Waals surface area contributed by atoms with Crippen molar-refractivity contribution in [3.63, 3.8) is 0 Å².